The summed E-state index contributed by atoms with van der Waals surface area (Å²) in [4.78, 5) is 15.5. The molecule has 0 bridgehead atoms. The molecule has 0 amide bonds. The predicted octanol–water partition coefficient (Wildman–Crippen LogP) is 1.81. The van der Waals surface area contributed by atoms with Crippen molar-refractivity contribution in [2.24, 2.45) is 5.92 Å². The van der Waals surface area contributed by atoms with E-state index in [0.29, 0.717) is 10.4 Å². The van der Waals surface area contributed by atoms with Crippen LogP contribution in [0.2, 0.25) is 0 Å². The van der Waals surface area contributed by atoms with E-state index in [1.54, 1.807) is 17.1 Å². The van der Waals surface area contributed by atoms with Gasteiger partial charge < -0.3 is 0 Å². The molecule has 1 fully saturated rings. The predicted molar refractivity (Wildman–Crippen MR) is 53.5 cm³/mol. The molecule has 1 aromatic heterocycles. The van der Waals surface area contributed by atoms with E-state index in [-0.39, 0.29) is 5.56 Å². The van der Waals surface area contributed by atoms with Crippen LogP contribution < -0.4 is 5.56 Å². The van der Waals surface area contributed by atoms with Gasteiger partial charge in [-0.1, -0.05) is 6.42 Å². The van der Waals surface area contributed by atoms with Crippen molar-refractivity contribution in [3.8, 4) is 0 Å². The maximum absolute atomic E-state index is 11.5. The van der Waals surface area contributed by atoms with Crippen LogP contribution in [0.15, 0.2) is 21.8 Å². The first-order valence-corrected chi connectivity index (χ1v) is 5.26. The van der Waals surface area contributed by atoms with E-state index in [9.17, 15) is 4.79 Å². The molecule has 4 heteroatoms. The average molecular weight is 243 g/mol. The summed E-state index contributed by atoms with van der Waals surface area (Å²) in [7, 11) is 0. The van der Waals surface area contributed by atoms with Gasteiger partial charge in [0.25, 0.3) is 5.56 Å². The average Bonchev–Trinajstić information content (AvgIpc) is 2.04. The molecule has 0 spiro atoms. The van der Waals surface area contributed by atoms with Crippen LogP contribution >= 0.6 is 15.9 Å². The van der Waals surface area contributed by atoms with Crippen LogP contribution in [0.25, 0.3) is 0 Å². The summed E-state index contributed by atoms with van der Waals surface area (Å²) < 4.78 is 2.24. The van der Waals surface area contributed by atoms with Gasteiger partial charge in [-0.15, -0.1) is 0 Å². The molecule has 0 radical (unpaired) electrons. The number of aromatic nitrogens is 2. The molecule has 0 aromatic carbocycles. The summed E-state index contributed by atoms with van der Waals surface area (Å²) in [6.45, 7) is 0.825. The largest absolute Gasteiger partial charge is 0.298 e. The van der Waals surface area contributed by atoms with E-state index in [4.69, 9.17) is 0 Å². The summed E-state index contributed by atoms with van der Waals surface area (Å²) >= 11 is 3.18. The monoisotopic (exact) mass is 242 g/mol. The molecule has 1 aliphatic rings. The van der Waals surface area contributed by atoms with Crippen LogP contribution in [0.3, 0.4) is 0 Å². The molecular formula is C9H11BrN2O. The number of rotatable bonds is 2. The fourth-order valence-corrected chi connectivity index (χ4v) is 1.85. The standard InChI is InChI=1S/C9H11BrN2O/c10-8-4-11-6-12(9(8)13)5-7-2-1-3-7/h4,6-7H,1-3,5H2. The van der Waals surface area contributed by atoms with Gasteiger partial charge in [-0.05, 0) is 34.7 Å². The fourth-order valence-electron chi connectivity index (χ4n) is 1.51. The van der Waals surface area contributed by atoms with Gasteiger partial charge in [0.15, 0.2) is 0 Å². The van der Waals surface area contributed by atoms with Crippen molar-refractivity contribution in [1.29, 1.82) is 0 Å². The van der Waals surface area contributed by atoms with Gasteiger partial charge in [0.1, 0.15) is 4.47 Å². The molecule has 2 rings (SSSR count). The van der Waals surface area contributed by atoms with Crippen molar-refractivity contribution in [3.63, 3.8) is 0 Å². The quantitative estimate of drug-likeness (QED) is 0.793. The van der Waals surface area contributed by atoms with E-state index < -0.39 is 0 Å². The molecule has 1 aromatic rings. The van der Waals surface area contributed by atoms with Crippen molar-refractivity contribution in [2.75, 3.05) is 0 Å². The first-order chi connectivity index (χ1) is 6.27. The SMILES string of the molecule is O=c1c(Br)cncn1CC1CCC1. The molecule has 0 N–H and O–H groups in total. The molecule has 0 atom stereocenters. The van der Waals surface area contributed by atoms with Gasteiger partial charge in [-0.3, -0.25) is 9.36 Å². The molecule has 1 saturated carbocycles. The summed E-state index contributed by atoms with van der Waals surface area (Å²) in [5, 5.41) is 0. The maximum Gasteiger partial charge on any atom is 0.267 e. The van der Waals surface area contributed by atoms with Gasteiger partial charge in [0.2, 0.25) is 0 Å². The number of halogens is 1. The number of hydrogen-bond donors (Lipinski definition) is 0. The highest BCUT2D eigenvalue weighted by atomic mass is 79.9. The van der Waals surface area contributed by atoms with Crippen molar-refractivity contribution < 1.29 is 0 Å². The lowest BCUT2D eigenvalue weighted by Gasteiger charge is -2.25. The summed E-state index contributed by atoms with van der Waals surface area (Å²) in [5.74, 6) is 0.689. The smallest absolute Gasteiger partial charge is 0.267 e. The van der Waals surface area contributed by atoms with Crippen LogP contribution in [0.4, 0.5) is 0 Å². The van der Waals surface area contributed by atoms with E-state index in [1.807, 2.05) is 0 Å². The summed E-state index contributed by atoms with van der Waals surface area (Å²) in [5.41, 5.74) is 0.0295. The van der Waals surface area contributed by atoms with E-state index in [2.05, 4.69) is 20.9 Å². The van der Waals surface area contributed by atoms with Crippen molar-refractivity contribution >= 4 is 15.9 Å². The third kappa shape index (κ3) is 1.82. The molecule has 0 saturated heterocycles. The van der Waals surface area contributed by atoms with Crippen LogP contribution in [0, 0.1) is 5.92 Å². The molecule has 1 aliphatic carbocycles. The Bertz CT molecular complexity index is 357. The van der Waals surface area contributed by atoms with Crippen molar-refractivity contribution in [2.45, 2.75) is 25.8 Å². The van der Waals surface area contributed by atoms with Crippen LogP contribution in [-0.2, 0) is 6.54 Å². The van der Waals surface area contributed by atoms with Gasteiger partial charge >= 0.3 is 0 Å². The van der Waals surface area contributed by atoms with E-state index >= 15 is 0 Å². The highest BCUT2D eigenvalue weighted by Crippen LogP contribution is 2.27. The Morgan fingerprint density at radius 2 is 2.38 bits per heavy atom. The Labute approximate surface area is 84.9 Å². The molecule has 70 valence electrons. The Kier molecular flexibility index (Phi) is 2.49. The lowest BCUT2D eigenvalue weighted by Crippen LogP contribution is -2.27. The fraction of sp³-hybridized carbons (Fsp3) is 0.556. The summed E-state index contributed by atoms with van der Waals surface area (Å²) in [6.07, 6.45) is 6.96. The van der Waals surface area contributed by atoms with Crippen LogP contribution in [-0.4, -0.2) is 9.55 Å². The molecule has 0 aliphatic heterocycles. The minimum absolute atomic E-state index is 0.0295. The van der Waals surface area contributed by atoms with Crippen LogP contribution in [0.1, 0.15) is 19.3 Å². The zero-order valence-electron chi connectivity index (χ0n) is 7.24. The highest BCUT2D eigenvalue weighted by Gasteiger charge is 2.18. The summed E-state index contributed by atoms with van der Waals surface area (Å²) in [6, 6.07) is 0. The topological polar surface area (TPSA) is 34.9 Å². The van der Waals surface area contributed by atoms with Gasteiger partial charge in [-0.2, -0.15) is 0 Å². The van der Waals surface area contributed by atoms with E-state index in [1.165, 1.54) is 19.3 Å². The second kappa shape index (κ2) is 3.62. The maximum atomic E-state index is 11.5. The first kappa shape index (κ1) is 8.94. The number of nitrogens with zero attached hydrogens (tertiary/aromatic N) is 2. The lowest BCUT2D eigenvalue weighted by molar-refractivity contribution is 0.272. The van der Waals surface area contributed by atoms with Crippen molar-refractivity contribution in [1.82, 2.24) is 9.55 Å². The molecule has 1 heterocycles. The molecule has 13 heavy (non-hydrogen) atoms. The Morgan fingerprint density at radius 3 is 3.00 bits per heavy atom. The zero-order valence-corrected chi connectivity index (χ0v) is 8.83. The second-order valence-corrected chi connectivity index (χ2v) is 4.35. The second-order valence-electron chi connectivity index (χ2n) is 3.50. The zero-order chi connectivity index (χ0) is 9.26. The first-order valence-electron chi connectivity index (χ1n) is 4.47. The third-order valence-electron chi connectivity index (χ3n) is 2.54. The molecule has 3 nitrogen and oxygen atoms in total. The molecular weight excluding hydrogens is 232 g/mol. The highest BCUT2D eigenvalue weighted by molar-refractivity contribution is 9.10. The van der Waals surface area contributed by atoms with Gasteiger partial charge in [-0.25, -0.2) is 4.98 Å². The minimum atomic E-state index is 0.0295. The Hall–Kier alpha value is -0.640. The van der Waals surface area contributed by atoms with Crippen LogP contribution in [0.5, 0.6) is 0 Å². The van der Waals surface area contributed by atoms with Crippen molar-refractivity contribution in [3.05, 3.63) is 27.4 Å². The number of hydrogen-bond acceptors (Lipinski definition) is 2. The normalized spacial score (nSPS) is 17.0. The third-order valence-corrected chi connectivity index (χ3v) is 3.08. The van der Waals surface area contributed by atoms with Gasteiger partial charge in [0.05, 0.1) is 6.33 Å². The Balaban J connectivity index is 2.19. The lowest BCUT2D eigenvalue weighted by atomic mass is 9.85. The van der Waals surface area contributed by atoms with E-state index in [0.717, 1.165) is 6.54 Å². The minimum Gasteiger partial charge on any atom is -0.298 e. The molecule has 0 unspecified atom stereocenters. The Morgan fingerprint density at radius 1 is 1.62 bits per heavy atom. The van der Waals surface area contributed by atoms with Gasteiger partial charge in [0, 0.05) is 12.7 Å².